The van der Waals surface area contributed by atoms with Crippen LogP contribution < -0.4 is 4.57 Å². The van der Waals surface area contributed by atoms with Crippen molar-refractivity contribution in [2.45, 2.75) is 51.5 Å². The second kappa shape index (κ2) is 9.05. The molecule has 2 heteroatoms. The summed E-state index contributed by atoms with van der Waals surface area (Å²) >= 11 is 0. The molecule has 0 atom stereocenters. The average molecular weight is 582 g/mol. The van der Waals surface area contributed by atoms with Gasteiger partial charge in [-0.1, -0.05) is 101 Å². The van der Waals surface area contributed by atoms with E-state index >= 15 is 0 Å². The Morgan fingerprint density at radius 3 is 2.18 bits per heavy atom. The summed E-state index contributed by atoms with van der Waals surface area (Å²) in [5.41, 5.74) is 14.0. The maximum Gasteiger partial charge on any atom is 0.221 e. The van der Waals surface area contributed by atoms with Crippen LogP contribution in [0.1, 0.15) is 57.2 Å². The number of pyridine rings is 1. The summed E-state index contributed by atoms with van der Waals surface area (Å²) in [7, 11) is 0. The van der Waals surface area contributed by atoms with Crippen LogP contribution in [0.25, 0.3) is 66.2 Å². The smallest absolute Gasteiger partial charge is 0.221 e. The van der Waals surface area contributed by atoms with Crippen LogP contribution in [0.5, 0.6) is 0 Å². The molecule has 1 aliphatic heterocycles. The Morgan fingerprint density at radius 2 is 1.36 bits per heavy atom. The molecule has 5 aromatic carbocycles. The Bertz CT molecular complexity index is 2400. The summed E-state index contributed by atoms with van der Waals surface area (Å²) in [6, 6.07) is 40.9. The molecule has 2 aromatic heterocycles. The molecule has 0 unspecified atom stereocenters. The minimum atomic E-state index is -0.151. The molecular formula is C43H37N2+. The third kappa shape index (κ3) is 3.27. The molecule has 2 aliphatic rings. The van der Waals surface area contributed by atoms with Gasteiger partial charge in [-0.25, -0.2) is 0 Å². The van der Waals surface area contributed by atoms with E-state index in [1.54, 1.807) is 0 Å². The lowest BCUT2D eigenvalue weighted by atomic mass is 9.75. The molecular weight excluding hydrogens is 544 g/mol. The van der Waals surface area contributed by atoms with E-state index in [1.165, 1.54) is 82.9 Å². The quantitative estimate of drug-likeness (QED) is 0.184. The monoisotopic (exact) mass is 581 g/mol. The van der Waals surface area contributed by atoms with Crippen molar-refractivity contribution in [3.05, 3.63) is 139 Å². The van der Waals surface area contributed by atoms with E-state index in [9.17, 15) is 0 Å². The lowest BCUT2D eigenvalue weighted by Crippen LogP contribution is -2.59. The molecule has 2 nitrogen and oxygen atoms in total. The van der Waals surface area contributed by atoms with Gasteiger partial charge in [0, 0.05) is 46.4 Å². The van der Waals surface area contributed by atoms with Gasteiger partial charge in [-0.2, -0.15) is 4.57 Å². The molecule has 0 saturated carbocycles. The topological polar surface area (TPSA) is 8.81 Å². The van der Waals surface area contributed by atoms with Gasteiger partial charge in [-0.3, -0.25) is 0 Å². The standard InChI is InChI=1S/C43H37N2/c1-6-43(7-2)27(3)30-21-20-29(24-36(30)41-31-15-9-8-14-28(31)22-23-44(41)43)45-39-19-13-11-17-33(39)35-25-34-32-16-10-12-18-37(32)42(4,5)38(34)26-40(35)45/h8-26H,3,6-7H2,1-2,4-5H3/q+1. The lowest BCUT2D eigenvalue weighted by Gasteiger charge is -2.35. The Hall–Kier alpha value is -4.95. The number of nitrogens with zero attached hydrogens (tertiary/aromatic N) is 2. The predicted molar refractivity (Wildman–Crippen MR) is 189 cm³/mol. The van der Waals surface area contributed by atoms with E-state index in [2.05, 4.69) is 152 Å². The number of aromatic nitrogens is 2. The summed E-state index contributed by atoms with van der Waals surface area (Å²) in [6.07, 6.45) is 4.29. The number of allylic oxidation sites excluding steroid dienone is 1. The number of hydrogen-bond donors (Lipinski definition) is 0. The Balaban J connectivity index is 1.36. The van der Waals surface area contributed by atoms with Crippen molar-refractivity contribution < 1.29 is 4.57 Å². The molecule has 0 saturated heterocycles. The second-order valence-electron chi connectivity index (χ2n) is 13.5. The first-order chi connectivity index (χ1) is 21.9. The molecule has 0 radical (unpaired) electrons. The van der Waals surface area contributed by atoms with Gasteiger partial charge in [-0.05, 0) is 69.6 Å². The van der Waals surface area contributed by atoms with Gasteiger partial charge in [0.05, 0.1) is 22.0 Å². The Morgan fingerprint density at radius 1 is 0.622 bits per heavy atom. The summed E-state index contributed by atoms with van der Waals surface area (Å²) in [5.74, 6) is 0. The summed E-state index contributed by atoms with van der Waals surface area (Å²) in [4.78, 5) is 0. The van der Waals surface area contributed by atoms with Crippen LogP contribution in [0.4, 0.5) is 0 Å². The molecule has 45 heavy (non-hydrogen) atoms. The van der Waals surface area contributed by atoms with Crippen molar-refractivity contribution in [1.29, 1.82) is 0 Å². The number of benzene rings is 5. The number of rotatable bonds is 3. The fourth-order valence-electron chi connectivity index (χ4n) is 8.83. The highest BCUT2D eigenvalue weighted by molar-refractivity contribution is 6.12. The highest BCUT2D eigenvalue weighted by Crippen LogP contribution is 2.51. The molecule has 1 aliphatic carbocycles. The second-order valence-corrected chi connectivity index (χ2v) is 13.5. The van der Waals surface area contributed by atoms with Gasteiger partial charge in [0.1, 0.15) is 0 Å². The van der Waals surface area contributed by atoms with Gasteiger partial charge >= 0.3 is 0 Å². The zero-order chi connectivity index (χ0) is 30.7. The van der Waals surface area contributed by atoms with E-state index in [-0.39, 0.29) is 11.0 Å². The van der Waals surface area contributed by atoms with Crippen LogP contribution in [0.2, 0.25) is 0 Å². The van der Waals surface area contributed by atoms with Crippen LogP contribution in [0.3, 0.4) is 0 Å². The Labute approximate surface area is 264 Å². The molecule has 3 heterocycles. The van der Waals surface area contributed by atoms with E-state index in [4.69, 9.17) is 6.58 Å². The highest BCUT2D eigenvalue weighted by Gasteiger charge is 2.47. The van der Waals surface area contributed by atoms with Crippen molar-refractivity contribution in [1.82, 2.24) is 4.57 Å². The predicted octanol–water partition coefficient (Wildman–Crippen LogP) is 10.7. The summed E-state index contributed by atoms with van der Waals surface area (Å²) < 4.78 is 5.02. The molecule has 7 aromatic rings. The molecule has 0 spiro atoms. The van der Waals surface area contributed by atoms with Crippen molar-refractivity contribution in [3.8, 4) is 28.1 Å². The van der Waals surface area contributed by atoms with Gasteiger partial charge in [0.15, 0.2) is 11.7 Å². The third-order valence-electron chi connectivity index (χ3n) is 11.3. The molecule has 218 valence electrons. The van der Waals surface area contributed by atoms with E-state index < -0.39 is 0 Å². The fourth-order valence-corrected chi connectivity index (χ4v) is 8.83. The SMILES string of the molecule is C=C1c2ccc(-n3c4ccccc4c4cc5c(cc43)C(C)(C)c3ccccc3-5)cc2-c2c3ccccc3cc[n+]2C1(CC)CC. The van der Waals surface area contributed by atoms with Gasteiger partial charge in [0.2, 0.25) is 5.69 Å². The van der Waals surface area contributed by atoms with Crippen LogP contribution in [-0.4, -0.2) is 4.57 Å². The minimum Gasteiger partial charge on any atom is -0.309 e. The van der Waals surface area contributed by atoms with Crippen LogP contribution in [0.15, 0.2) is 122 Å². The first-order valence-corrected chi connectivity index (χ1v) is 16.3. The maximum absolute atomic E-state index is 4.77. The van der Waals surface area contributed by atoms with E-state index in [1.807, 2.05) is 0 Å². The summed E-state index contributed by atoms with van der Waals surface area (Å²) in [6.45, 7) is 14.1. The molecule has 0 amide bonds. The van der Waals surface area contributed by atoms with Crippen LogP contribution in [-0.2, 0) is 11.0 Å². The molecule has 0 fully saturated rings. The maximum atomic E-state index is 4.77. The summed E-state index contributed by atoms with van der Waals surface area (Å²) in [5, 5.41) is 5.14. The van der Waals surface area contributed by atoms with Gasteiger partial charge in [0.25, 0.3) is 0 Å². The number of hydrogen-bond acceptors (Lipinski definition) is 0. The van der Waals surface area contributed by atoms with Crippen molar-refractivity contribution in [2.24, 2.45) is 0 Å². The molecule has 0 N–H and O–H groups in total. The van der Waals surface area contributed by atoms with Gasteiger partial charge in [-0.15, -0.1) is 0 Å². The van der Waals surface area contributed by atoms with Crippen LogP contribution >= 0.6 is 0 Å². The third-order valence-corrected chi connectivity index (χ3v) is 11.3. The average Bonchev–Trinajstić information content (AvgIpc) is 3.52. The van der Waals surface area contributed by atoms with Crippen molar-refractivity contribution >= 4 is 38.2 Å². The van der Waals surface area contributed by atoms with E-state index in [0.717, 1.165) is 12.8 Å². The zero-order valence-corrected chi connectivity index (χ0v) is 26.5. The lowest BCUT2D eigenvalue weighted by molar-refractivity contribution is -0.740. The highest BCUT2D eigenvalue weighted by atomic mass is 15.1. The molecule has 0 bridgehead atoms. The van der Waals surface area contributed by atoms with Gasteiger partial charge < -0.3 is 4.57 Å². The van der Waals surface area contributed by atoms with Crippen molar-refractivity contribution in [2.75, 3.05) is 0 Å². The fraction of sp³-hybridized carbons (Fsp3) is 0.186. The largest absolute Gasteiger partial charge is 0.309 e. The first kappa shape index (κ1) is 26.5. The van der Waals surface area contributed by atoms with Crippen molar-refractivity contribution in [3.63, 3.8) is 0 Å². The Kier molecular flexibility index (Phi) is 5.32. The van der Waals surface area contributed by atoms with Crippen LogP contribution in [0, 0.1) is 0 Å². The minimum absolute atomic E-state index is 0.0624. The molecule has 9 rings (SSSR count). The zero-order valence-electron chi connectivity index (χ0n) is 26.5. The normalized spacial score (nSPS) is 15.7. The van der Waals surface area contributed by atoms with E-state index in [0.29, 0.717) is 0 Å². The number of para-hydroxylation sites is 1. The number of fused-ring (bicyclic) bond motifs is 11. The first-order valence-electron chi connectivity index (χ1n) is 16.3.